The molecule has 0 aliphatic carbocycles. The van der Waals surface area contributed by atoms with Crippen molar-refractivity contribution in [2.45, 2.75) is 33.4 Å². The number of nitrogens with one attached hydrogen (secondary N) is 1. The smallest absolute Gasteiger partial charge is 0.0618 e. The molecule has 0 saturated carbocycles. The van der Waals surface area contributed by atoms with Crippen LogP contribution in [0.5, 0.6) is 0 Å². The highest BCUT2D eigenvalue weighted by Gasteiger charge is 2.13. The van der Waals surface area contributed by atoms with Crippen molar-refractivity contribution in [3.63, 3.8) is 0 Å². The molecule has 1 aromatic heterocycles. The Bertz CT molecular complexity index is 320. The summed E-state index contributed by atoms with van der Waals surface area (Å²) < 4.78 is 7.11. The van der Waals surface area contributed by atoms with Gasteiger partial charge in [0, 0.05) is 38.0 Å². The number of rotatable bonds is 6. The van der Waals surface area contributed by atoms with E-state index in [1.807, 2.05) is 17.9 Å². The van der Waals surface area contributed by atoms with Crippen molar-refractivity contribution < 1.29 is 4.74 Å². The summed E-state index contributed by atoms with van der Waals surface area (Å²) in [5.41, 5.74) is 2.47. The minimum atomic E-state index is 0.393. The summed E-state index contributed by atoms with van der Waals surface area (Å²) in [4.78, 5) is 0. The lowest BCUT2D eigenvalue weighted by Crippen LogP contribution is -2.37. The molecule has 0 aromatic carbocycles. The van der Waals surface area contributed by atoms with E-state index in [1.54, 1.807) is 7.11 Å². The van der Waals surface area contributed by atoms with Gasteiger partial charge in [0.25, 0.3) is 0 Å². The summed E-state index contributed by atoms with van der Waals surface area (Å²) in [6.45, 7) is 8.09. The molecule has 0 bridgehead atoms. The van der Waals surface area contributed by atoms with Crippen LogP contribution in [0.15, 0.2) is 6.20 Å². The Hall–Kier alpha value is -0.870. The molecule has 0 amide bonds. The summed E-state index contributed by atoms with van der Waals surface area (Å²) in [7, 11) is 3.71. The van der Waals surface area contributed by atoms with Crippen molar-refractivity contribution >= 4 is 0 Å². The summed E-state index contributed by atoms with van der Waals surface area (Å²) in [6, 6.07) is 0.393. The van der Waals surface area contributed by atoms with E-state index in [-0.39, 0.29) is 0 Å². The third-order valence-electron chi connectivity index (χ3n) is 3.04. The van der Waals surface area contributed by atoms with E-state index in [9.17, 15) is 0 Å². The summed E-state index contributed by atoms with van der Waals surface area (Å²) in [5, 5.41) is 7.74. The summed E-state index contributed by atoms with van der Waals surface area (Å²) >= 11 is 0. The lowest BCUT2D eigenvalue weighted by Gasteiger charge is -2.21. The lowest BCUT2D eigenvalue weighted by atomic mass is 10.1. The fraction of sp³-hybridized carbons (Fsp3) is 0.750. The van der Waals surface area contributed by atoms with Crippen molar-refractivity contribution in [3.8, 4) is 0 Å². The molecule has 1 rings (SSSR count). The van der Waals surface area contributed by atoms with Gasteiger partial charge >= 0.3 is 0 Å². The van der Waals surface area contributed by atoms with Crippen molar-refractivity contribution in [3.05, 3.63) is 17.5 Å². The van der Waals surface area contributed by atoms with Gasteiger partial charge in [-0.15, -0.1) is 0 Å². The van der Waals surface area contributed by atoms with E-state index in [2.05, 4.69) is 31.2 Å². The molecule has 0 aliphatic rings. The third-order valence-corrected chi connectivity index (χ3v) is 3.04. The van der Waals surface area contributed by atoms with Crippen LogP contribution in [-0.2, 0) is 18.3 Å². The molecule has 0 radical (unpaired) electrons. The minimum absolute atomic E-state index is 0.393. The zero-order chi connectivity index (χ0) is 12.1. The zero-order valence-corrected chi connectivity index (χ0v) is 10.9. The second kappa shape index (κ2) is 6.01. The molecule has 1 aromatic rings. The van der Waals surface area contributed by atoms with E-state index in [1.165, 1.54) is 11.3 Å². The fourth-order valence-corrected chi connectivity index (χ4v) is 1.63. The van der Waals surface area contributed by atoms with Crippen LogP contribution < -0.4 is 5.32 Å². The maximum Gasteiger partial charge on any atom is 0.0618 e. The minimum Gasteiger partial charge on any atom is -0.383 e. The van der Waals surface area contributed by atoms with Crippen molar-refractivity contribution in [2.24, 2.45) is 13.0 Å². The highest BCUT2D eigenvalue weighted by atomic mass is 16.5. The van der Waals surface area contributed by atoms with Gasteiger partial charge in [-0.25, -0.2) is 0 Å². The molecular formula is C12H23N3O. The van der Waals surface area contributed by atoms with Gasteiger partial charge in [-0.2, -0.15) is 5.10 Å². The van der Waals surface area contributed by atoms with E-state index in [0.29, 0.717) is 12.0 Å². The Morgan fingerprint density at radius 3 is 2.62 bits per heavy atom. The van der Waals surface area contributed by atoms with Crippen LogP contribution in [0.3, 0.4) is 0 Å². The molecule has 4 nitrogen and oxygen atoms in total. The average molecular weight is 225 g/mol. The molecule has 0 spiro atoms. The van der Waals surface area contributed by atoms with Crippen LogP contribution in [0.4, 0.5) is 0 Å². The van der Waals surface area contributed by atoms with Crippen molar-refractivity contribution in [1.82, 2.24) is 15.1 Å². The summed E-state index contributed by atoms with van der Waals surface area (Å²) in [6.07, 6.45) is 1.92. The average Bonchev–Trinajstić information content (AvgIpc) is 2.55. The number of hydrogen-bond acceptors (Lipinski definition) is 3. The van der Waals surface area contributed by atoms with Crippen LogP contribution in [0.1, 0.15) is 25.1 Å². The first-order valence-electron chi connectivity index (χ1n) is 5.76. The Morgan fingerprint density at radius 1 is 1.50 bits per heavy atom. The van der Waals surface area contributed by atoms with Crippen molar-refractivity contribution in [1.29, 1.82) is 0 Å². The van der Waals surface area contributed by atoms with Crippen LogP contribution in [-0.4, -0.2) is 29.5 Å². The van der Waals surface area contributed by atoms with E-state index < -0.39 is 0 Å². The molecule has 92 valence electrons. The quantitative estimate of drug-likeness (QED) is 0.797. The van der Waals surface area contributed by atoms with Gasteiger partial charge in [-0.3, -0.25) is 4.68 Å². The van der Waals surface area contributed by atoms with E-state index in [4.69, 9.17) is 4.74 Å². The second-order valence-corrected chi connectivity index (χ2v) is 4.57. The molecule has 16 heavy (non-hydrogen) atoms. The van der Waals surface area contributed by atoms with Gasteiger partial charge in [-0.05, 0) is 12.8 Å². The molecule has 1 N–H and O–H groups in total. The van der Waals surface area contributed by atoms with Crippen molar-refractivity contribution in [2.75, 3.05) is 13.7 Å². The predicted octanol–water partition coefficient (Wildman–Crippen LogP) is 1.49. The maximum absolute atomic E-state index is 5.21. The topological polar surface area (TPSA) is 39.1 Å². The number of ether oxygens (including phenoxy) is 1. The Labute approximate surface area is 98.0 Å². The SMILES string of the molecule is COCC(NCc1cnn(C)c1C)C(C)C. The third kappa shape index (κ3) is 3.32. The fourth-order valence-electron chi connectivity index (χ4n) is 1.63. The van der Waals surface area contributed by atoms with Gasteiger partial charge in [0.1, 0.15) is 0 Å². The van der Waals surface area contributed by atoms with Crippen LogP contribution in [0.2, 0.25) is 0 Å². The van der Waals surface area contributed by atoms with Crippen LogP contribution in [0, 0.1) is 12.8 Å². The Balaban J connectivity index is 2.52. The van der Waals surface area contributed by atoms with Gasteiger partial charge in [-0.1, -0.05) is 13.8 Å². The number of hydrogen-bond donors (Lipinski definition) is 1. The summed E-state index contributed by atoms with van der Waals surface area (Å²) in [5.74, 6) is 0.567. The lowest BCUT2D eigenvalue weighted by molar-refractivity contribution is 0.146. The zero-order valence-electron chi connectivity index (χ0n) is 10.9. The number of nitrogens with zero attached hydrogens (tertiary/aromatic N) is 2. The molecule has 1 atom stereocenters. The standard InChI is InChI=1S/C12H23N3O/c1-9(2)12(8-16-5)13-6-11-7-14-15(4)10(11)3/h7,9,12-13H,6,8H2,1-5H3. The Morgan fingerprint density at radius 2 is 2.19 bits per heavy atom. The maximum atomic E-state index is 5.21. The highest BCUT2D eigenvalue weighted by molar-refractivity contribution is 5.15. The van der Waals surface area contributed by atoms with Gasteiger partial charge in [0.15, 0.2) is 0 Å². The molecule has 1 heterocycles. The second-order valence-electron chi connectivity index (χ2n) is 4.57. The number of aryl methyl sites for hydroxylation is 1. The first-order valence-corrected chi connectivity index (χ1v) is 5.76. The monoisotopic (exact) mass is 225 g/mol. The first-order chi connectivity index (χ1) is 7.56. The van der Waals surface area contributed by atoms with Crippen LogP contribution >= 0.6 is 0 Å². The highest BCUT2D eigenvalue weighted by Crippen LogP contribution is 2.08. The molecule has 0 saturated heterocycles. The van der Waals surface area contributed by atoms with E-state index >= 15 is 0 Å². The van der Waals surface area contributed by atoms with E-state index in [0.717, 1.165) is 13.2 Å². The molecule has 0 fully saturated rings. The number of methoxy groups -OCH3 is 1. The molecule has 4 heteroatoms. The normalized spacial score (nSPS) is 13.4. The first kappa shape index (κ1) is 13.2. The predicted molar refractivity (Wildman–Crippen MR) is 65.3 cm³/mol. The van der Waals surface area contributed by atoms with Gasteiger partial charge in [0.2, 0.25) is 0 Å². The largest absolute Gasteiger partial charge is 0.383 e. The number of aromatic nitrogens is 2. The Kier molecular flexibility index (Phi) is 4.96. The van der Waals surface area contributed by atoms with Gasteiger partial charge < -0.3 is 10.1 Å². The van der Waals surface area contributed by atoms with Gasteiger partial charge in [0.05, 0.1) is 12.8 Å². The molecular weight excluding hydrogens is 202 g/mol. The van der Waals surface area contributed by atoms with Crippen LogP contribution in [0.25, 0.3) is 0 Å². The molecule has 1 unspecified atom stereocenters. The molecule has 0 aliphatic heterocycles.